The molecule has 1 aromatic rings. The Labute approximate surface area is 151 Å². The van der Waals surface area contributed by atoms with Gasteiger partial charge in [-0.2, -0.15) is 0 Å². The normalized spacial score (nSPS) is 12.2. The number of rotatable bonds is 10. The molecule has 1 aromatic carbocycles. The number of ether oxygens (including phenoxy) is 1. The van der Waals surface area contributed by atoms with E-state index >= 15 is 0 Å². The standard InChI is InChI=1S/C17H24BrClO2S/c1-3-5-7-13(4-2)12-21-16(20)10-11-22-15-9-6-8-14(18)17(15)19/h6,8-9,13H,3-5,7,10-12H2,1-2H3. The van der Waals surface area contributed by atoms with E-state index in [9.17, 15) is 4.79 Å². The minimum Gasteiger partial charge on any atom is -0.465 e. The van der Waals surface area contributed by atoms with Crippen LogP contribution in [0.3, 0.4) is 0 Å². The summed E-state index contributed by atoms with van der Waals surface area (Å²) in [5.41, 5.74) is 0. The molecule has 1 unspecified atom stereocenters. The molecule has 22 heavy (non-hydrogen) atoms. The Kier molecular flexibility index (Phi) is 10.3. The quantitative estimate of drug-likeness (QED) is 0.334. The summed E-state index contributed by atoms with van der Waals surface area (Å²) in [6.45, 7) is 4.89. The molecule has 5 heteroatoms. The lowest BCUT2D eigenvalue weighted by molar-refractivity contribution is -0.144. The first-order valence-electron chi connectivity index (χ1n) is 7.80. The van der Waals surface area contributed by atoms with E-state index in [-0.39, 0.29) is 5.97 Å². The predicted octanol–water partition coefficient (Wildman–Crippen LogP) is 6.34. The number of esters is 1. The topological polar surface area (TPSA) is 26.3 Å². The Morgan fingerprint density at radius 2 is 2.18 bits per heavy atom. The summed E-state index contributed by atoms with van der Waals surface area (Å²) in [6.07, 6.45) is 5.01. The van der Waals surface area contributed by atoms with Gasteiger partial charge in [-0.05, 0) is 40.4 Å². The molecule has 124 valence electrons. The van der Waals surface area contributed by atoms with Crippen molar-refractivity contribution < 1.29 is 9.53 Å². The van der Waals surface area contributed by atoms with Crippen molar-refractivity contribution in [1.82, 2.24) is 0 Å². The van der Waals surface area contributed by atoms with E-state index in [1.54, 1.807) is 11.8 Å². The SMILES string of the molecule is CCCCC(CC)COC(=O)CCSc1cccc(Br)c1Cl. The van der Waals surface area contributed by atoms with E-state index in [0.29, 0.717) is 29.7 Å². The highest BCUT2D eigenvalue weighted by atomic mass is 79.9. The van der Waals surface area contributed by atoms with Gasteiger partial charge in [0.25, 0.3) is 0 Å². The number of benzene rings is 1. The summed E-state index contributed by atoms with van der Waals surface area (Å²) in [5, 5.41) is 0.700. The molecule has 0 aliphatic heterocycles. The molecule has 2 nitrogen and oxygen atoms in total. The molecular formula is C17H24BrClO2S. The first kappa shape index (κ1) is 19.9. The van der Waals surface area contributed by atoms with Crippen molar-refractivity contribution in [3.05, 3.63) is 27.7 Å². The van der Waals surface area contributed by atoms with E-state index in [0.717, 1.165) is 22.2 Å². The van der Waals surface area contributed by atoms with Gasteiger partial charge < -0.3 is 4.74 Å². The number of carbonyl (C=O) groups is 1. The minimum absolute atomic E-state index is 0.117. The smallest absolute Gasteiger partial charge is 0.306 e. The van der Waals surface area contributed by atoms with Crippen LogP contribution in [-0.2, 0) is 9.53 Å². The van der Waals surface area contributed by atoms with Crippen LogP contribution in [0.5, 0.6) is 0 Å². The van der Waals surface area contributed by atoms with Gasteiger partial charge in [0, 0.05) is 15.1 Å². The van der Waals surface area contributed by atoms with Crippen LogP contribution in [0.25, 0.3) is 0 Å². The van der Waals surface area contributed by atoms with Gasteiger partial charge in [0.1, 0.15) is 0 Å². The summed E-state index contributed by atoms with van der Waals surface area (Å²) in [6, 6.07) is 5.80. The van der Waals surface area contributed by atoms with Crippen LogP contribution in [0.1, 0.15) is 46.0 Å². The number of unbranched alkanes of at least 4 members (excludes halogenated alkanes) is 1. The van der Waals surface area contributed by atoms with Crippen molar-refractivity contribution in [1.29, 1.82) is 0 Å². The second kappa shape index (κ2) is 11.4. The molecule has 0 aliphatic rings. The molecule has 0 aliphatic carbocycles. The summed E-state index contributed by atoms with van der Waals surface area (Å²) >= 11 is 11.2. The van der Waals surface area contributed by atoms with E-state index in [2.05, 4.69) is 29.8 Å². The Hall–Kier alpha value is -0.190. The second-order valence-electron chi connectivity index (χ2n) is 5.25. The molecule has 0 radical (unpaired) electrons. The molecule has 0 heterocycles. The average Bonchev–Trinajstić information content (AvgIpc) is 2.51. The van der Waals surface area contributed by atoms with Crippen molar-refractivity contribution in [2.45, 2.75) is 50.8 Å². The van der Waals surface area contributed by atoms with Crippen molar-refractivity contribution in [2.24, 2.45) is 5.92 Å². The zero-order chi connectivity index (χ0) is 16.4. The van der Waals surface area contributed by atoms with Crippen LogP contribution < -0.4 is 0 Å². The molecule has 0 bridgehead atoms. The molecule has 1 rings (SSSR count). The van der Waals surface area contributed by atoms with Crippen LogP contribution in [0.2, 0.25) is 5.02 Å². The Bertz CT molecular complexity index is 468. The Morgan fingerprint density at radius 3 is 2.86 bits per heavy atom. The van der Waals surface area contributed by atoms with Crippen molar-refractivity contribution in [2.75, 3.05) is 12.4 Å². The average molecular weight is 408 g/mol. The zero-order valence-corrected chi connectivity index (χ0v) is 16.4. The third kappa shape index (κ3) is 7.38. The summed E-state index contributed by atoms with van der Waals surface area (Å²) in [4.78, 5) is 12.8. The lowest BCUT2D eigenvalue weighted by Crippen LogP contribution is -2.14. The van der Waals surface area contributed by atoms with Gasteiger partial charge in [-0.3, -0.25) is 4.79 Å². The highest BCUT2D eigenvalue weighted by molar-refractivity contribution is 9.10. The Morgan fingerprint density at radius 1 is 1.41 bits per heavy atom. The number of carbonyl (C=O) groups excluding carboxylic acids is 1. The van der Waals surface area contributed by atoms with Crippen LogP contribution in [0, 0.1) is 5.92 Å². The largest absolute Gasteiger partial charge is 0.465 e. The fraction of sp³-hybridized carbons (Fsp3) is 0.588. The van der Waals surface area contributed by atoms with E-state index < -0.39 is 0 Å². The van der Waals surface area contributed by atoms with Gasteiger partial charge in [-0.25, -0.2) is 0 Å². The molecular weight excluding hydrogens is 384 g/mol. The second-order valence-corrected chi connectivity index (χ2v) is 7.62. The molecule has 0 fully saturated rings. The highest BCUT2D eigenvalue weighted by Gasteiger charge is 2.11. The molecule has 0 spiro atoms. The molecule has 0 saturated carbocycles. The summed E-state index contributed by atoms with van der Waals surface area (Å²) in [7, 11) is 0. The Balaban J connectivity index is 2.27. The minimum atomic E-state index is -0.117. The number of thioether (sulfide) groups is 1. The molecule has 1 atom stereocenters. The monoisotopic (exact) mass is 406 g/mol. The van der Waals surface area contributed by atoms with Crippen LogP contribution in [-0.4, -0.2) is 18.3 Å². The lowest BCUT2D eigenvalue weighted by atomic mass is 10.0. The first-order valence-corrected chi connectivity index (χ1v) is 9.96. The van der Waals surface area contributed by atoms with Gasteiger partial charge in [0.2, 0.25) is 0 Å². The first-order chi connectivity index (χ1) is 10.6. The predicted molar refractivity (Wildman–Crippen MR) is 98.8 cm³/mol. The third-order valence-electron chi connectivity index (χ3n) is 3.50. The van der Waals surface area contributed by atoms with Gasteiger partial charge in [0.05, 0.1) is 18.1 Å². The maximum absolute atomic E-state index is 11.8. The number of hydrogen-bond acceptors (Lipinski definition) is 3. The van der Waals surface area contributed by atoms with E-state index in [1.165, 1.54) is 12.8 Å². The molecule has 0 N–H and O–H groups in total. The van der Waals surface area contributed by atoms with Gasteiger partial charge in [0.15, 0.2) is 0 Å². The van der Waals surface area contributed by atoms with Gasteiger partial charge >= 0.3 is 5.97 Å². The molecule has 0 saturated heterocycles. The van der Waals surface area contributed by atoms with Crippen molar-refractivity contribution in [3.63, 3.8) is 0 Å². The van der Waals surface area contributed by atoms with Gasteiger partial charge in [-0.15, -0.1) is 11.8 Å². The third-order valence-corrected chi connectivity index (χ3v) is 5.97. The van der Waals surface area contributed by atoms with E-state index in [1.807, 2.05) is 18.2 Å². The summed E-state index contributed by atoms with van der Waals surface area (Å²) in [5.74, 6) is 1.06. The molecule has 0 aromatic heterocycles. The number of halogens is 2. The summed E-state index contributed by atoms with van der Waals surface area (Å²) < 4.78 is 6.27. The van der Waals surface area contributed by atoms with E-state index in [4.69, 9.17) is 16.3 Å². The van der Waals surface area contributed by atoms with Gasteiger partial charge in [-0.1, -0.05) is 50.8 Å². The maximum atomic E-state index is 11.8. The fourth-order valence-corrected chi connectivity index (χ4v) is 3.71. The van der Waals surface area contributed by atoms with Crippen molar-refractivity contribution in [3.8, 4) is 0 Å². The number of hydrogen-bond donors (Lipinski definition) is 0. The fourth-order valence-electron chi connectivity index (χ4n) is 2.02. The highest BCUT2D eigenvalue weighted by Crippen LogP contribution is 2.33. The van der Waals surface area contributed by atoms with Crippen molar-refractivity contribution >= 4 is 45.3 Å². The zero-order valence-electron chi connectivity index (χ0n) is 13.2. The van der Waals surface area contributed by atoms with Crippen LogP contribution in [0.4, 0.5) is 0 Å². The lowest BCUT2D eigenvalue weighted by Gasteiger charge is -2.14. The van der Waals surface area contributed by atoms with Crippen LogP contribution in [0.15, 0.2) is 27.6 Å². The van der Waals surface area contributed by atoms with Crippen LogP contribution >= 0.6 is 39.3 Å². The maximum Gasteiger partial charge on any atom is 0.306 e. The molecule has 0 amide bonds.